The molecule has 0 spiro atoms. The van der Waals surface area contributed by atoms with Gasteiger partial charge in [-0.25, -0.2) is 9.78 Å². The van der Waals surface area contributed by atoms with Gasteiger partial charge in [-0.1, -0.05) is 18.7 Å². The summed E-state index contributed by atoms with van der Waals surface area (Å²) in [4.78, 5) is 15.6. The first-order chi connectivity index (χ1) is 7.63. The summed E-state index contributed by atoms with van der Waals surface area (Å²) in [5.41, 5.74) is 2.19. The highest BCUT2D eigenvalue weighted by Gasteiger charge is 2.15. The van der Waals surface area contributed by atoms with Crippen molar-refractivity contribution in [2.24, 2.45) is 0 Å². The SMILES string of the molecule is C=C(C(=O)OC)c1cccc2oc(C)nc12. The van der Waals surface area contributed by atoms with Gasteiger partial charge in [0.15, 0.2) is 11.5 Å². The Balaban J connectivity index is 2.60. The number of hydrogen-bond acceptors (Lipinski definition) is 4. The third kappa shape index (κ3) is 1.58. The molecule has 4 nitrogen and oxygen atoms in total. The van der Waals surface area contributed by atoms with Crippen LogP contribution in [0, 0.1) is 6.92 Å². The van der Waals surface area contributed by atoms with Crippen LogP contribution in [0.25, 0.3) is 16.7 Å². The van der Waals surface area contributed by atoms with Crippen LogP contribution in [0.4, 0.5) is 0 Å². The van der Waals surface area contributed by atoms with E-state index >= 15 is 0 Å². The van der Waals surface area contributed by atoms with Crippen molar-refractivity contribution in [2.75, 3.05) is 7.11 Å². The van der Waals surface area contributed by atoms with Crippen molar-refractivity contribution >= 4 is 22.6 Å². The zero-order valence-electron chi connectivity index (χ0n) is 9.11. The second-order valence-corrected chi connectivity index (χ2v) is 3.36. The fourth-order valence-corrected chi connectivity index (χ4v) is 1.54. The summed E-state index contributed by atoms with van der Waals surface area (Å²) in [7, 11) is 1.32. The van der Waals surface area contributed by atoms with Crippen LogP contribution in [-0.2, 0) is 9.53 Å². The van der Waals surface area contributed by atoms with Crippen LogP contribution in [0.1, 0.15) is 11.5 Å². The van der Waals surface area contributed by atoms with E-state index in [0.717, 1.165) is 0 Å². The molecule has 0 aliphatic rings. The lowest BCUT2D eigenvalue weighted by Gasteiger charge is -2.03. The van der Waals surface area contributed by atoms with Crippen LogP contribution >= 0.6 is 0 Å². The smallest absolute Gasteiger partial charge is 0.337 e. The third-order valence-corrected chi connectivity index (χ3v) is 2.28. The lowest BCUT2D eigenvalue weighted by atomic mass is 10.1. The van der Waals surface area contributed by atoms with E-state index in [-0.39, 0.29) is 5.57 Å². The van der Waals surface area contributed by atoms with Crippen molar-refractivity contribution in [1.82, 2.24) is 4.98 Å². The van der Waals surface area contributed by atoms with Crippen molar-refractivity contribution in [3.63, 3.8) is 0 Å². The number of carbonyl (C=O) groups excluding carboxylic acids is 1. The Kier molecular flexibility index (Phi) is 2.48. The molecule has 16 heavy (non-hydrogen) atoms. The van der Waals surface area contributed by atoms with Crippen molar-refractivity contribution in [3.05, 3.63) is 36.2 Å². The van der Waals surface area contributed by atoms with Gasteiger partial charge in [0.05, 0.1) is 12.7 Å². The van der Waals surface area contributed by atoms with E-state index < -0.39 is 5.97 Å². The normalized spacial score (nSPS) is 10.4. The van der Waals surface area contributed by atoms with E-state index in [1.54, 1.807) is 25.1 Å². The Labute approximate surface area is 92.5 Å². The predicted octanol–water partition coefficient (Wildman–Crippen LogP) is 2.32. The van der Waals surface area contributed by atoms with Gasteiger partial charge in [0.2, 0.25) is 0 Å². The number of ether oxygens (including phenoxy) is 1. The lowest BCUT2D eigenvalue weighted by molar-refractivity contribution is -0.133. The molecule has 0 unspecified atom stereocenters. The number of para-hydroxylation sites is 1. The van der Waals surface area contributed by atoms with E-state index in [1.807, 2.05) is 0 Å². The average Bonchev–Trinajstić information content (AvgIpc) is 2.66. The first-order valence-electron chi connectivity index (χ1n) is 4.77. The summed E-state index contributed by atoms with van der Waals surface area (Å²) in [5, 5.41) is 0. The topological polar surface area (TPSA) is 52.3 Å². The molecule has 0 N–H and O–H groups in total. The number of benzene rings is 1. The quantitative estimate of drug-likeness (QED) is 0.572. The van der Waals surface area contributed by atoms with Crippen molar-refractivity contribution in [1.29, 1.82) is 0 Å². The molecule has 1 heterocycles. The second-order valence-electron chi connectivity index (χ2n) is 3.36. The highest BCUT2D eigenvalue weighted by Crippen LogP contribution is 2.24. The van der Waals surface area contributed by atoms with Crippen LogP contribution in [0.5, 0.6) is 0 Å². The minimum Gasteiger partial charge on any atom is -0.465 e. The van der Waals surface area contributed by atoms with Crippen LogP contribution < -0.4 is 0 Å². The molecule has 1 aromatic heterocycles. The largest absolute Gasteiger partial charge is 0.465 e. The van der Waals surface area contributed by atoms with E-state index in [2.05, 4.69) is 16.3 Å². The van der Waals surface area contributed by atoms with Gasteiger partial charge in [-0.05, 0) is 6.07 Å². The molecule has 0 aliphatic heterocycles. The number of nitrogens with zero attached hydrogens (tertiary/aromatic N) is 1. The Morgan fingerprint density at radius 1 is 1.50 bits per heavy atom. The van der Waals surface area contributed by atoms with E-state index in [0.29, 0.717) is 22.6 Å². The van der Waals surface area contributed by atoms with Gasteiger partial charge in [0.1, 0.15) is 5.52 Å². The summed E-state index contributed by atoms with van der Waals surface area (Å²) in [6, 6.07) is 5.35. The third-order valence-electron chi connectivity index (χ3n) is 2.28. The number of hydrogen-bond donors (Lipinski definition) is 0. The van der Waals surface area contributed by atoms with Gasteiger partial charge in [0.25, 0.3) is 0 Å². The number of oxazole rings is 1. The molecule has 0 saturated heterocycles. The summed E-state index contributed by atoms with van der Waals surface area (Å²) >= 11 is 0. The highest BCUT2D eigenvalue weighted by molar-refractivity contribution is 6.18. The Morgan fingerprint density at radius 2 is 2.25 bits per heavy atom. The van der Waals surface area contributed by atoms with Crippen molar-refractivity contribution < 1.29 is 13.9 Å². The minimum atomic E-state index is -0.465. The van der Waals surface area contributed by atoms with Gasteiger partial charge >= 0.3 is 5.97 Å². The first-order valence-corrected chi connectivity index (χ1v) is 4.77. The van der Waals surface area contributed by atoms with Gasteiger partial charge in [-0.15, -0.1) is 0 Å². The summed E-state index contributed by atoms with van der Waals surface area (Å²) in [6.07, 6.45) is 0. The Morgan fingerprint density at radius 3 is 2.94 bits per heavy atom. The highest BCUT2D eigenvalue weighted by atomic mass is 16.5. The maximum Gasteiger partial charge on any atom is 0.337 e. The molecule has 0 amide bonds. The molecule has 0 radical (unpaired) electrons. The molecule has 82 valence electrons. The molecular weight excluding hydrogens is 206 g/mol. The van der Waals surface area contributed by atoms with E-state index in [1.165, 1.54) is 7.11 Å². The summed E-state index contributed by atoms with van der Waals surface area (Å²) < 4.78 is 9.99. The molecule has 2 aromatic rings. The number of carbonyl (C=O) groups is 1. The first kappa shape index (κ1) is 10.4. The minimum absolute atomic E-state index is 0.279. The number of rotatable bonds is 2. The van der Waals surface area contributed by atoms with Gasteiger partial charge in [-0.3, -0.25) is 0 Å². The molecule has 0 saturated carbocycles. The predicted molar refractivity (Wildman–Crippen MR) is 59.8 cm³/mol. The van der Waals surface area contributed by atoms with Crippen LogP contribution in [0.15, 0.2) is 29.2 Å². The number of aromatic nitrogens is 1. The molecule has 2 rings (SSSR count). The van der Waals surface area contributed by atoms with Gasteiger partial charge < -0.3 is 9.15 Å². The molecular formula is C12H11NO3. The number of fused-ring (bicyclic) bond motifs is 1. The molecule has 0 fully saturated rings. The fourth-order valence-electron chi connectivity index (χ4n) is 1.54. The number of esters is 1. The number of methoxy groups -OCH3 is 1. The summed E-state index contributed by atoms with van der Waals surface area (Å²) in [5.74, 6) is 0.0910. The molecule has 1 aromatic carbocycles. The zero-order chi connectivity index (χ0) is 11.7. The fraction of sp³-hybridized carbons (Fsp3) is 0.167. The molecule has 4 heteroatoms. The molecule has 0 bridgehead atoms. The van der Waals surface area contributed by atoms with Gasteiger partial charge in [0, 0.05) is 12.5 Å². The Hall–Kier alpha value is -2.10. The Bertz CT molecular complexity index is 569. The van der Waals surface area contributed by atoms with Crippen LogP contribution in [-0.4, -0.2) is 18.1 Å². The lowest BCUT2D eigenvalue weighted by Crippen LogP contribution is -2.02. The van der Waals surface area contributed by atoms with Crippen LogP contribution in [0.3, 0.4) is 0 Å². The zero-order valence-corrected chi connectivity index (χ0v) is 9.11. The maximum absolute atomic E-state index is 11.4. The average molecular weight is 217 g/mol. The summed E-state index contributed by atoms with van der Waals surface area (Å²) in [6.45, 7) is 5.45. The van der Waals surface area contributed by atoms with Crippen LogP contribution in [0.2, 0.25) is 0 Å². The van der Waals surface area contributed by atoms with Gasteiger partial charge in [-0.2, -0.15) is 0 Å². The maximum atomic E-state index is 11.4. The van der Waals surface area contributed by atoms with E-state index in [9.17, 15) is 4.79 Å². The molecule has 0 aliphatic carbocycles. The second kappa shape index (κ2) is 3.81. The molecule has 0 atom stereocenters. The van der Waals surface area contributed by atoms with Crippen molar-refractivity contribution in [3.8, 4) is 0 Å². The monoisotopic (exact) mass is 217 g/mol. The standard InChI is InChI=1S/C12H11NO3/c1-7(12(14)15-3)9-5-4-6-10-11(9)13-8(2)16-10/h4-6H,1H2,2-3H3. The number of aryl methyl sites for hydroxylation is 1. The van der Waals surface area contributed by atoms with E-state index in [4.69, 9.17) is 4.42 Å². The van der Waals surface area contributed by atoms with Crippen molar-refractivity contribution in [2.45, 2.75) is 6.92 Å².